The van der Waals surface area contributed by atoms with Crippen molar-refractivity contribution in [3.8, 4) is 0 Å². The molecule has 1 aliphatic carbocycles. The summed E-state index contributed by atoms with van der Waals surface area (Å²) in [6.45, 7) is 5.72. The van der Waals surface area contributed by atoms with Gasteiger partial charge in [0.1, 0.15) is 6.54 Å². The molecule has 2 N–H and O–H groups in total. The van der Waals surface area contributed by atoms with Gasteiger partial charge in [-0.25, -0.2) is 4.79 Å². The summed E-state index contributed by atoms with van der Waals surface area (Å²) in [5, 5.41) is 11.8. The molecular weight excluding hydrogens is 232 g/mol. The molecule has 1 aliphatic rings. The zero-order valence-electron chi connectivity index (χ0n) is 11.5. The van der Waals surface area contributed by atoms with Crippen LogP contribution in [0.3, 0.4) is 0 Å². The summed E-state index contributed by atoms with van der Waals surface area (Å²) in [4.78, 5) is 24.4. The summed E-state index contributed by atoms with van der Waals surface area (Å²) >= 11 is 0. The molecule has 0 aromatic carbocycles. The smallest absolute Gasteiger partial charge is 0.323 e. The molecular formula is C13H24N2O3. The maximum absolute atomic E-state index is 12.1. The lowest BCUT2D eigenvalue weighted by Gasteiger charge is -2.29. The number of urea groups is 1. The molecule has 0 heterocycles. The fourth-order valence-electron chi connectivity index (χ4n) is 2.40. The van der Waals surface area contributed by atoms with Crippen LogP contribution in [-0.2, 0) is 4.79 Å². The minimum absolute atomic E-state index is 0.0576. The van der Waals surface area contributed by atoms with E-state index in [0.717, 1.165) is 25.7 Å². The molecule has 5 heteroatoms. The van der Waals surface area contributed by atoms with Gasteiger partial charge in [0.15, 0.2) is 0 Å². The Morgan fingerprint density at radius 2 is 2.11 bits per heavy atom. The van der Waals surface area contributed by atoms with E-state index in [0.29, 0.717) is 5.92 Å². The average molecular weight is 256 g/mol. The zero-order valence-corrected chi connectivity index (χ0v) is 11.5. The Morgan fingerprint density at radius 3 is 2.56 bits per heavy atom. The van der Waals surface area contributed by atoms with Crippen LogP contribution in [0.5, 0.6) is 0 Å². The predicted octanol–water partition coefficient (Wildman–Crippen LogP) is 2.07. The summed E-state index contributed by atoms with van der Waals surface area (Å²) in [6.07, 6.45) is 4.01. The number of nitrogens with zero attached hydrogens (tertiary/aromatic N) is 1. The van der Waals surface area contributed by atoms with Gasteiger partial charge in [0.25, 0.3) is 0 Å². The molecule has 5 nitrogen and oxygen atoms in total. The van der Waals surface area contributed by atoms with E-state index in [-0.39, 0.29) is 24.7 Å². The number of carbonyl (C=O) groups is 2. The lowest BCUT2D eigenvalue weighted by molar-refractivity contribution is -0.138. The van der Waals surface area contributed by atoms with Gasteiger partial charge >= 0.3 is 12.0 Å². The first-order valence-electron chi connectivity index (χ1n) is 6.74. The van der Waals surface area contributed by atoms with Crippen LogP contribution in [0.25, 0.3) is 0 Å². The molecule has 1 rings (SSSR count). The fourth-order valence-corrected chi connectivity index (χ4v) is 2.40. The Kier molecular flexibility index (Phi) is 5.44. The summed E-state index contributed by atoms with van der Waals surface area (Å²) in [7, 11) is 0. The van der Waals surface area contributed by atoms with Gasteiger partial charge in [-0.2, -0.15) is 0 Å². The number of nitrogens with one attached hydrogen (secondary N) is 1. The molecule has 104 valence electrons. The fraction of sp³-hybridized carbons (Fsp3) is 0.846. The minimum atomic E-state index is -0.968. The second-order valence-corrected chi connectivity index (χ2v) is 5.24. The second kappa shape index (κ2) is 6.61. The van der Waals surface area contributed by atoms with Crippen LogP contribution in [0.4, 0.5) is 4.79 Å². The maximum Gasteiger partial charge on any atom is 0.323 e. The Morgan fingerprint density at radius 1 is 1.44 bits per heavy atom. The van der Waals surface area contributed by atoms with Crippen molar-refractivity contribution in [2.75, 3.05) is 6.54 Å². The third kappa shape index (κ3) is 3.89. The van der Waals surface area contributed by atoms with Crippen molar-refractivity contribution in [2.24, 2.45) is 5.92 Å². The maximum atomic E-state index is 12.1. The van der Waals surface area contributed by atoms with Crippen molar-refractivity contribution in [3.05, 3.63) is 0 Å². The highest BCUT2D eigenvalue weighted by molar-refractivity contribution is 5.80. The van der Waals surface area contributed by atoms with Crippen LogP contribution >= 0.6 is 0 Å². The minimum Gasteiger partial charge on any atom is -0.480 e. The monoisotopic (exact) mass is 256 g/mol. The van der Waals surface area contributed by atoms with E-state index in [4.69, 9.17) is 5.11 Å². The molecule has 0 bridgehead atoms. The summed E-state index contributed by atoms with van der Waals surface area (Å²) in [6, 6.07) is -0.110. The third-order valence-corrected chi connectivity index (χ3v) is 3.86. The van der Waals surface area contributed by atoms with Crippen LogP contribution in [0.2, 0.25) is 0 Å². The number of carboxylic acid groups (broad SMARTS) is 1. The first-order valence-corrected chi connectivity index (χ1v) is 6.74. The van der Waals surface area contributed by atoms with E-state index in [1.54, 1.807) is 0 Å². The Labute approximate surface area is 109 Å². The van der Waals surface area contributed by atoms with Gasteiger partial charge < -0.3 is 15.3 Å². The molecule has 0 aromatic rings. The van der Waals surface area contributed by atoms with Gasteiger partial charge in [-0.1, -0.05) is 20.3 Å². The van der Waals surface area contributed by atoms with Gasteiger partial charge in [-0.3, -0.25) is 4.79 Å². The van der Waals surface area contributed by atoms with Gasteiger partial charge in [0.05, 0.1) is 0 Å². The molecule has 3 unspecified atom stereocenters. The van der Waals surface area contributed by atoms with E-state index >= 15 is 0 Å². The molecule has 3 atom stereocenters. The molecule has 0 saturated heterocycles. The van der Waals surface area contributed by atoms with Gasteiger partial charge in [0, 0.05) is 12.1 Å². The number of carboxylic acids is 1. The van der Waals surface area contributed by atoms with Gasteiger partial charge in [0.2, 0.25) is 0 Å². The molecule has 0 spiro atoms. The van der Waals surface area contributed by atoms with Crippen molar-refractivity contribution < 1.29 is 14.7 Å². The first kappa shape index (κ1) is 14.8. The van der Waals surface area contributed by atoms with Gasteiger partial charge in [-0.15, -0.1) is 0 Å². The number of carbonyl (C=O) groups excluding carboxylic acids is 1. The Hall–Kier alpha value is -1.26. The van der Waals surface area contributed by atoms with Crippen LogP contribution < -0.4 is 5.32 Å². The van der Waals surface area contributed by atoms with Crippen LogP contribution in [0.1, 0.15) is 46.5 Å². The van der Waals surface area contributed by atoms with Gasteiger partial charge in [-0.05, 0) is 32.1 Å². The SMILES string of the molecule is CCC(C)N(CC(=O)O)C(=O)NC1CCCC1C. The molecule has 1 saturated carbocycles. The molecule has 0 aliphatic heterocycles. The van der Waals surface area contributed by atoms with E-state index < -0.39 is 5.97 Å². The summed E-state index contributed by atoms with van der Waals surface area (Å²) in [5.41, 5.74) is 0. The number of hydrogen-bond acceptors (Lipinski definition) is 2. The van der Waals surface area contributed by atoms with E-state index in [9.17, 15) is 9.59 Å². The molecule has 2 amide bonds. The number of aliphatic carboxylic acids is 1. The Balaban J connectivity index is 2.60. The largest absolute Gasteiger partial charge is 0.480 e. The highest BCUT2D eigenvalue weighted by Crippen LogP contribution is 2.25. The van der Waals surface area contributed by atoms with Crippen molar-refractivity contribution in [3.63, 3.8) is 0 Å². The third-order valence-electron chi connectivity index (χ3n) is 3.86. The molecule has 0 aromatic heterocycles. The second-order valence-electron chi connectivity index (χ2n) is 5.24. The first-order chi connectivity index (χ1) is 8.45. The normalized spacial score (nSPS) is 24.6. The van der Waals surface area contributed by atoms with Crippen molar-refractivity contribution in [1.82, 2.24) is 10.2 Å². The predicted molar refractivity (Wildman–Crippen MR) is 69.4 cm³/mol. The molecule has 0 radical (unpaired) electrons. The van der Waals surface area contributed by atoms with E-state index in [1.165, 1.54) is 4.90 Å². The van der Waals surface area contributed by atoms with Crippen LogP contribution in [0, 0.1) is 5.92 Å². The summed E-state index contributed by atoms with van der Waals surface area (Å²) in [5.74, 6) is -0.484. The number of rotatable bonds is 5. The van der Waals surface area contributed by atoms with E-state index in [2.05, 4.69) is 12.2 Å². The van der Waals surface area contributed by atoms with Crippen LogP contribution in [0.15, 0.2) is 0 Å². The highest BCUT2D eigenvalue weighted by atomic mass is 16.4. The zero-order chi connectivity index (χ0) is 13.7. The van der Waals surface area contributed by atoms with Crippen molar-refractivity contribution in [1.29, 1.82) is 0 Å². The number of hydrogen-bond donors (Lipinski definition) is 2. The Bertz CT molecular complexity index is 307. The van der Waals surface area contributed by atoms with Crippen LogP contribution in [-0.4, -0.2) is 40.6 Å². The topological polar surface area (TPSA) is 69.6 Å². The summed E-state index contributed by atoms with van der Waals surface area (Å²) < 4.78 is 0. The quantitative estimate of drug-likeness (QED) is 0.791. The van der Waals surface area contributed by atoms with Crippen molar-refractivity contribution >= 4 is 12.0 Å². The lowest BCUT2D eigenvalue weighted by Crippen LogP contribution is -2.50. The standard InChI is InChI=1S/C13H24N2O3/c1-4-10(3)15(8-12(16)17)13(18)14-11-7-5-6-9(11)2/h9-11H,4-8H2,1-3H3,(H,14,18)(H,16,17). The lowest BCUT2D eigenvalue weighted by atomic mass is 10.1. The average Bonchev–Trinajstić information content (AvgIpc) is 2.70. The van der Waals surface area contributed by atoms with E-state index in [1.807, 2.05) is 13.8 Å². The molecule has 1 fully saturated rings. The number of amides is 2. The molecule has 18 heavy (non-hydrogen) atoms. The van der Waals surface area contributed by atoms with Crippen molar-refractivity contribution in [2.45, 2.75) is 58.5 Å². The highest BCUT2D eigenvalue weighted by Gasteiger charge is 2.28.